The first-order chi connectivity index (χ1) is 20.2. The summed E-state index contributed by atoms with van der Waals surface area (Å²) < 4.78 is 26.6. The smallest absolute Gasteiger partial charge is 0.229 e. The molecule has 1 aliphatic carbocycles. The number of carbonyl (C=O) groups is 1. The minimum Gasteiger partial charge on any atom is -0.490 e. The fourth-order valence-corrected chi connectivity index (χ4v) is 6.18. The van der Waals surface area contributed by atoms with Gasteiger partial charge in [-0.3, -0.25) is 4.79 Å². The van der Waals surface area contributed by atoms with Crippen molar-refractivity contribution in [3.63, 3.8) is 0 Å². The lowest BCUT2D eigenvalue weighted by molar-refractivity contribution is -0.137. The number of piperidine rings is 1. The van der Waals surface area contributed by atoms with Gasteiger partial charge in [-0.25, -0.2) is 4.39 Å². The Kier molecular flexibility index (Phi) is 11.5. The molecule has 0 bridgehead atoms. The summed E-state index contributed by atoms with van der Waals surface area (Å²) in [5.41, 5.74) is 4.93. The first-order valence-corrected chi connectivity index (χ1v) is 15.3. The van der Waals surface area contributed by atoms with E-state index in [9.17, 15) is 4.79 Å². The number of nitrogens with one attached hydrogen (secondary N) is 2. The Morgan fingerprint density at radius 3 is 2.44 bits per heavy atom. The van der Waals surface area contributed by atoms with Crippen LogP contribution >= 0.6 is 35.6 Å². The molecule has 0 spiro atoms. The predicted octanol–water partition coefficient (Wildman–Crippen LogP) is 7.52. The molecule has 1 saturated carbocycles. The number of anilines is 1. The van der Waals surface area contributed by atoms with E-state index in [1.165, 1.54) is 22.8 Å². The van der Waals surface area contributed by atoms with E-state index in [1.807, 2.05) is 11.8 Å². The molecule has 3 aromatic rings. The monoisotopic (exact) mass is 649 g/mol. The van der Waals surface area contributed by atoms with Gasteiger partial charge in [0.1, 0.15) is 24.8 Å². The first-order valence-electron chi connectivity index (χ1n) is 14.5. The Hall–Kier alpha value is -2.71. The van der Waals surface area contributed by atoms with Crippen molar-refractivity contribution in [3.8, 4) is 11.5 Å². The van der Waals surface area contributed by atoms with E-state index in [2.05, 4.69) is 42.7 Å². The number of carbonyl (C=O) groups excluding carboxylic acids is 1. The van der Waals surface area contributed by atoms with E-state index in [1.54, 1.807) is 24.3 Å². The predicted molar refractivity (Wildman–Crippen MR) is 174 cm³/mol. The van der Waals surface area contributed by atoms with Crippen LogP contribution in [0.25, 0.3) is 0 Å². The first kappa shape index (κ1) is 33.2. The normalized spacial score (nSPS) is 18.0. The molecule has 1 heterocycles. The zero-order chi connectivity index (χ0) is 29.8. The summed E-state index contributed by atoms with van der Waals surface area (Å²) in [5.74, 6) is 0.180. The average Bonchev–Trinajstić information content (AvgIpc) is 3.80. The van der Waals surface area contributed by atoms with Crippen LogP contribution < -0.4 is 20.1 Å². The van der Waals surface area contributed by atoms with Crippen LogP contribution in [0.15, 0.2) is 48.5 Å². The topological polar surface area (TPSA) is 62.8 Å². The standard InChI is InChI=1S/C33H38Cl2FN3O3.ClH/c1-20-15-27(34)32(28(35)16-20)42-14-13-41-25-9-10-31(29(36)17-25)38-30-11-12-37-18-26(30)33(40)39(24-7-8-24)19-23-6-4-5-21(2)22(23)3;/h4-6,9-10,15-17,24,26,30,37-38H,7-8,11-14,18-19H2,1-3H3;1H. The second-order valence-electron chi connectivity index (χ2n) is 11.3. The number of aryl methyl sites for hydroxylation is 2. The maximum absolute atomic E-state index is 15.2. The van der Waals surface area contributed by atoms with Crippen LogP contribution in [0.2, 0.25) is 10.0 Å². The average molecular weight is 651 g/mol. The highest BCUT2D eigenvalue weighted by Crippen LogP contribution is 2.35. The van der Waals surface area contributed by atoms with Crippen molar-refractivity contribution in [2.45, 2.75) is 58.7 Å². The lowest BCUT2D eigenvalue weighted by atomic mass is 9.91. The molecule has 5 rings (SSSR count). The Bertz CT molecular complexity index is 1410. The number of benzene rings is 3. The molecule has 2 fully saturated rings. The molecule has 2 aliphatic rings. The highest BCUT2D eigenvalue weighted by Gasteiger charge is 2.40. The molecule has 43 heavy (non-hydrogen) atoms. The second-order valence-corrected chi connectivity index (χ2v) is 12.1. The van der Waals surface area contributed by atoms with Gasteiger partial charge in [-0.1, -0.05) is 41.4 Å². The second kappa shape index (κ2) is 14.8. The minimum absolute atomic E-state index is 0. The Morgan fingerprint density at radius 1 is 1.02 bits per heavy atom. The fourth-order valence-electron chi connectivity index (χ4n) is 5.47. The van der Waals surface area contributed by atoms with E-state index in [0.717, 1.165) is 31.4 Å². The summed E-state index contributed by atoms with van der Waals surface area (Å²) in [6.45, 7) is 8.43. The molecule has 2 N–H and O–H groups in total. The highest BCUT2D eigenvalue weighted by molar-refractivity contribution is 6.37. The fraction of sp³-hybridized carbons (Fsp3) is 0.424. The van der Waals surface area contributed by atoms with Crippen molar-refractivity contribution in [2.75, 3.05) is 31.6 Å². The van der Waals surface area contributed by atoms with Crippen molar-refractivity contribution < 1.29 is 18.7 Å². The third-order valence-electron chi connectivity index (χ3n) is 8.15. The molecule has 1 amide bonds. The summed E-state index contributed by atoms with van der Waals surface area (Å²) in [6, 6.07) is 14.6. The van der Waals surface area contributed by atoms with Gasteiger partial charge in [0.25, 0.3) is 0 Å². The number of hydrogen-bond acceptors (Lipinski definition) is 5. The molecular formula is C33H39Cl3FN3O3. The maximum Gasteiger partial charge on any atom is 0.229 e. The molecule has 10 heteroatoms. The molecule has 0 aromatic heterocycles. The third kappa shape index (κ3) is 8.27. The van der Waals surface area contributed by atoms with Crippen LogP contribution in [0.5, 0.6) is 11.5 Å². The van der Waals surface area contributed by atoms with Crippen molar-refractivity contribution in [3.05, 3.63) is 86.6 Å². The van der Waals surface area contributed by atoms with E-state index in [4.69, 9.17) is 32.7 Å². The Morgan fingerprint density at radius 2 is 1.74 bits per heavy atom. The van der Waals surface area contributed by atoms with E-state index in [-0.39, 0.29) is 49.5 Å². The maximum atomic E-state index is 15.2. The van der Waals surface area contributed by atoms with Gasteiger partial charge in [0.2, 0.25) is 5.91 Å². The van der Waals surface area contributed by atoms with Crippen molar-refractivity contribution >= 4 is 47.2 Å². The van der Waals surface area contributed by atoms with Gasteiger partial charge in [0.15, 0.2) is 5.75 Å². The van der Waals surface area contributed by atoms with Gasteiger partial charge < -0.3 is 25.0 Å². The molecular weight excluding hydrogens is 612 g/mol. The van der Waals surface area contributed by atoms with Crippen LogP contribution in [-0.2, 0) is 11.3 Å². The molecule has 6 nitrogen and oxygen atoms in total. The SMILES string of the molecule is Cc1cc(Cl)c(OCCOc2ccc(NC3CCNCC3C(=O)N(Cc3cccc(C)c3C)C3CC3)c(F)c2)c(Cl)c1.Cl. The number of halogens is 4. The summed E-state index contributed by atoms with van der Waals surface area (Å²) in [5, 5.41) is 7.58. The van der Waals surface area contributed by atoms with Gasteiger partial charge >= 0.3 is 0 Å². The third-order valence-corrected chi connectivity index (χ3v) is 8.71. The van der Waals surface area contributed by atoms with E-state index in [0.29, 0.717) is 40.3 Å². The summed E-state index contributed by atoms with van der Waals surface area (Å²) in [6.07, 6.45) is 2.78. The van der Waals surface area contributed by atoms with Gasteiger partial charge in [-0.05, 0) is 93.1 Å². The largest absolute Gasteiger partial charge is 0.490 e. The van der Waals surface area contributed by atoms with Gasteiger partial charge in [0, 0.05) is 31.2 Å². The lowest BCUT2D eigenvalue weighted by Gasteiger charge is -2.36. The number of rotatable bonds is 11. The number of ether oxygens (including phenoxy) is 2. The molecule has 0 radical (unpaired) electrons. The van der Waals surface area contributed by atoms with Crippen LogP contribution in [-0.4, -0.2) is 49.2 Å². The Balaban J connectivity index is 0.00000423. The molecule has 2 atom stereocenters. The zero-order valence-corrected chi connectivity index (χ0v) is 27.1. The number of amides is 1. The van der Waals surface area contributed by atoms with Crippen molar-refractivity contribution in [1.29, 1.82) is 0 Å². The van der Waals surface area contributed by atoms with Gasteiger partial charge in [0.05, 0.1) is 21.7 Å². The minimum atomic E-state index is -0.433. The van der Waals surface area contributed by atoms with E-state index < -0.39 is 5.82 Å². The molecule has 2 unspecified atom stereocenters. The zero-order valence-electron chi connectivity index (χ0n) is 24.7. The highest BCUT2D eigenvalue weighted by atomic mass is 35.5. The lowest BCUT2D eigenvalue weighted by Crippen LogP contribution is -2.52. The van der Waals surface area contributed by atoms with Crippen LogP contribution in [0.1, 0.15) is 41.5 Å². The number of nitrogens with zero attached hydrogens (tertiary/aromatic N) is 1. The summed E-state index contributed by atoms with van der Waals surface area (Å²) in [7, 11) is 0. The van der Waals surface area contributed by atoms with Crippen LogP contribution in [0.3, 0.4) is 0 Å². The van der Waals surface area contributed by atoms with Crippen molar-refractivity contribution in [1.82, 2.24) is 10.2 Å². The van der Waals surface area contributed by atoms with Crippen LogP contribution in [0, 0.1) is 32.5 Å². The van der Waals surface area contributed by atoms with Crippen molar-refractivity contribution in [2.24, 2.45) is 5.92 Å². The Labute approximate surface area is 269 Å². The molecule has 232 valence electrons. The molecule has 1 aliphatic heterocycles. The molecule has 1 saturated heterocycles. The van der Waals surface area contributed by atoms with Gasteiger partial charge in [-0.2, -0.15) is 0 Å². The quantitative estimate of drug-likeness (QED) is 0.210. The van der Waals surface area contributed by atoms with Crippen LogP contribution in [0.4, 0.5) is 10.1 Å². The van der Waals surface area contributed by atoms with Gasteiger partial charge in [-0.15, -0.1) is 12.4 Å². The number of hydrogen-bond donors (Lipinski definition) is 2. The summed E-state index contributed by atoms with van der Waals surface area (Å²) in [4.78, 5) is 16.0. The summed E-state index contributed by atoms with van der Waals surface area (Å²) >= 11 is 12.5. The van der Waals surface area contributed by atoms with E-state index >= 15 is 4.39 Å². The molecule has 3 aromatic carbocycles.